The Bertz CT molecular complexity index is 1390. The van der Waals surface area contributed by atoms with Crippen molar-refractivity contribution in [2.45, 2.75) is 110 Å². The molecule has 0 aromatic carbocycles. The van der Waals surface area contributed by atoms with Crippen LogP contribution in [0.1, 0.15) is 54.9 Å². The number of esters is 6. The fourth-order valence-electron chi connectivity index (χ4n) is 7.67. The number of aliphatic hydroxyl groups is 1. The van der Waals surface area contributed by atoms with Gasteiger partial charge < -0.3 is 52.5 Å². The summed E-state index contributed by atoms with van der Waals surface area (Å²) >= 11 is 0. The lowest BCUT2D eigenvalue weighted by Gasteiger charge is -2.48. The fourth-order valence-corrected chi connectivity index (χ4v) is 7.67. The zero-order valence-corrected chi connectivity index (χ0v) is 27.6. The van der Waals surface area contributed by atoms with E-state index in [0.717, 1.165) is 27.7 Å². The molecule has 0 radical (unpaired) electrons. The van der Waals surface area contributed by atoms with Crippen molar-refractivity contribution in [3.63, 3.8) is 0 Å². The lowest BCUT2D eigenvalue weighted by Crippen LogP contribution is -2.63. The highest BCUT2D eigenvalue weighted by molar-refractivity contribution is 5.77. The standard InChI is InChI=1S/C31H40O17/c1-12-9-41-28(38)24-21(12)31-8-19(47-30(31,7)48-24)18(10-39-13(2)32)22(27(31)37)46-29-26(44-17(6)36)25(43-16(5)35)23(42-15(4)34)20(45-29)11-40-14(3)33/h12,19-21,23-27,29,37H,8-11H2,1-7H3/t12-,19+,20-,21+,23-,24+,25+,26-,27-,29-,30-,31+/m1/s1. The molecule has 4 aliphatic heterocycles. The molecule has 1 aliphatic carbocycles. The van der Waals surface area contributed by atoms with E-state index in [2.05, 4.69) is 0 Å². The number of hydrogen-bond acceptors (Lipinski definition) is 17. The minimum absolute atomic E-state index is 0.0679. The van der Waals surface area contributed by atoms with Gasteiger partial charge in [0.2, 0.25) is 12.4 Å². The molecule has 48 heavy (non-hydrogen) atoms. The molecule has 0 saturated carbocycles. The SMILES string of the molecule is CC(=O)OCC1=C(O[C@H]2O[C@H](COC(C)=O)[C@@H](OC(C)=O)[C@H](OC(C)=O)[C@H]2OC(C)=O)[C@@H](O)[C@@]23C[C@@H]1O[C@]2(C)O[C@@H]1C(=O)OC[C@@H](C)[C@@H]13. The summed E-state index contributed by atoms with van der Waals surface area (Å²) in [7, 11) is 0. The molecule has 266 valence electrons. The Hall–Kier alpha value is -3.80. The van der Waals surface area contributed by atoms with E-state index < -0.39 is 115 Å². The minimum Gasteiger partial charge on any atom is -0.463 e. The van der Waals surface area contributed by atoms with Gasteiger partial charge in [-0.05, 0) is 19.3 Å². The second-order valence-corrected chi connectivity index (χ2v) is 12.7. The van der Waals surface area contributed by atoms with Crippen LogP contribution in [0.15, 0.2) is 11.3 Å². The van der Waals surface area contributed by atoms with E-state index in [1.165, 1.54) is 6.92 Å². The quantitative estimate of drug-likeness (QED) is 0.249. The number of rotatable bonds is 9. The first kappa shape index (κ1) is 35.5. The molecule has 17 nitrogen and oxygen atoms in total. The maximum absolute atomic E-state index is 12.9. The smallest absolute Gasteiger partial charge is 0.335 e. The first-order valence-corrected chi connectivity index (χ1v) is 15.5. The molecule has 4 saturated heterocycles. The van der Waals surface area contributed by atoms with Gasteiger partial charge in [0.1, 0.15) is 31.2 Å². The Balaban J connectivity index is 1.61. The van der Waals surface area contributed by atoms with Crippen LogP contribution in [-0.4, -0.2) is 116 Å². The van der Waals surface area contributed by atoms with E-state index >= 15 is 0 Å². The number of hydrogen-bond donors (Lipinski definition) is 1. The molecule has 4 fully saturated rings. The Morgan fingerprint density at radius 3 is 2.06 bits per heavy atom. The third-order valence-electron chi connectivity index (χ3n) is 9.41. The predicted octanol–water partition coefficient (Wildman–Crippen LogP) is -0.0228. The van der Waals surface area contributed by atoms with Gasteiger partial charge in [0.05, 0.1) is 18.1 Å². The molecule has 17 heteroatoms. The molecule has 5 rings (SSSR count). The van der Waals surface area contributed by atoms with Gasteiger partial charge in [-0.2, -0.15) is 0 Å². The molecule has 1 N–H and O–H groups in total. The highest BCUT2D eigenvalue weighted by Gasteiger charge is 2.78. The summed E-state index contributed by atoms with van der Waals surface area (Å²) in [6.45, 7) is 8.20. The highest BCUT2D eigenvalue weighted by Crippen LogP contribution is 2.67. The van der Waals surface area contributed by atoms with E-state index in [4.69, 9.17) is 47.4 Å². The number of cyclic esters (lactones) is 1. The van der Waals surface area contributed by atoms with Gasteiger partial charge >= 0.3 is 35.8 Å². The molecule has 1 spiro atoms. The Labute approximate surface area is 275 Å². The van der Waals surface area contributed by atoms with Crippen LogP contribution >= 0.6 is 0 Å². The topological polar surface area (TPSA) is 215 Å². The number of carbonyl (C=O) groups excluding carboxylic acids is 6. The second kappa shape index (κ2) is 13.2. The molecule has 0 aromatic heterocycles. The average Bonchev–Trinajstić information content (AvgIpc) is 3.39. The molecular weight excluding hydrogens is 644 g/mol. The maximum atomic E-state index is 12.9. The van der Waals surface area contributed by atoms with Gasteiger partial charge in [-0.25, -0.2) is 4.79 Å². The largest absolute Gasteiger partial charge is 0.463 e. The van der Waals surface area contributed by atoms with Crippen molar-refractivity contribution in [3.8, 4) is 0 Å². The van der Waals surface area contributed by atoms with Crippen LogP contribution in [0.4, 0.5) is 0 Å². The van der Waals surface area contributed by atoms with Gasteiger partial charge in [-0.15, -0.1) is 0 Å². The number of ether oxygens (including phenoxy) is 10. The molecule has 2 bridgehead atoms. The summed E-state index contributed by atoms with van der Waals surface area (Å²) in [5.41, 5.74) is -1.09. The van der Waals surface area contributed by atoms with Gasteiger partial charge in [0.15, 0.2) is 24.1 Å². The maximum Gasteiger partial charge on any atom is 0.335 e. The summed E-state index contributed by atoms with van der Waals surface area (Å²) in [5.74, 6) is -7.08. The molecular formula is C31H40O17. The first-order valence-electron chi connectivity index (χ1n) is 15.5. The van der Waals surface area contributed by atoms with Crippen molar-refractivity contribution < 1.29 is 81.2 Å². The zero-order chi connectivity index (χ0) is 35.3. The zero-order valence-electron chi connectivity index (χ0n) is 27.6. The van der Waals surface area contributed by atoms with Crippen LogP contribution in [0.3, 0.4) is 0 Å². The summed E-state index contributed by atoms with van der Waals surface area (Å²) in [6.07, 6.45) is -11.0. The molecule has 5 aliphatic rings. The van der Waals surface area contributed by atoms with Crippen LogP contribution < -0.4 is 0 Å². The van der Waals surface area contributed by atoms with Crippen molar-refractivity contribution in [1.82, 2.24) is 0 Å². The summed E-state index contributed by atoms with van der Waals surface area (Å²) in [5, 5.41) is 12.4. The van der Waals surface area contributed by atoms with Crippen molar-refractivity contribution >= 4 is 35.8 Å². The van der Waals surface area contributed by atoms with E-state index in [9.17, 15) is 33.9 Å². The van der Waals surface area contributed by atoms with Gasteiger partial charge in [-0.3, -0.25) is 24.0 Å². The summed E-state index contributed by atoms with van der Waals surface area (Å²) < 4.78 is 57.4. The predicted molar refractivity (Wildman–Crippen MR) is 152 cm³/mol. The number of fused-ring (bicyclic) bond motifs is 2. The van der Waals surface area contributed by atoms with Crippen molar-refractivity contribution in [2.24, 2.45) is 17.3 Å². The third-order valence-corrected chi connectivity index (χ3v) is 9.41. The van der Waals surface area contributed by atoms with Crippen molar-refractivity contribution in [2.75, 3.05) is 19.8 Å². The van der Waals surface area contributed by atoms with Gasteiger partial charge in [0.25, 0.3) is 0 Å². The van der Waals surface area contributed by atoms with Crippen LogP contribution in [0.2, 0.25) is 0 Å². The van der Waals surface area contributed by atoms with Crippen molar-refractivity contribution in [1.29, 1.82) is 0 Å². The monoisotopic (exact) mass is 684 g/mol. The van der Waals surface area contributed by atoms with E-state index in [1.54, 1.807) is 6.92 Å². The molecule has 4 heterocycles. The summed E-state index contributed by atoms with van der Waals surface area (Å²) in [6, 6.07) is 0. The van der Waals surface area contributed by atoms with Crippen molar-refractivity contribution in [3.05, 3.63) is 11.3 Å². The van der Waals surface area contributed by atoms with Crippen LogP contribution in [-0.2, 0) is 76.1 Å². The van der Waals surface area contributed by atoms with E-state index in [-0.39, 0.29) is 30.3 Å². The van der Waals surface area contributed by atoms with Gasteiger partial charge in [-0.1, -0.05) is 6.92 Å². The third kappa shape index (κ3) is 6.23. The Kier molecular flexibility index (Phi) is 9.80. The summed E-state index contributed by atoms with van der Waals surface area (Å²) in [4.78, 5) is 73.4. The van der Waals surface area contributed by atoms with Crippen LogP contribution in [0.5, 0.6) is 0 Å². The normalized spacial score (nSPS) is 39.7. The second-order valence-electron chi connectivity index (χ2n) is 12.7. The molecule has 12 atom stereocenters. The van der Waals surface area contributed by atoms with Crippen LogP contribution in [0, 0.1) is 17.3 Å². The lowest BCUT2D eigenvalue weighted by atomic mass is 9.58. The molecule has 0 unspecified atom stereocenters. The Morgan fingerprint density at radius 1 is 0.854 bits per heavy atom. The number of aliphatic hydroxyl groups excluding tert-OH is 1. The van der Waals surface area contributed by atoms with E-state index in [0.29, 0.717) is 0 Å². The van der Waals surface area contributed by atoms with Gasteiger partial charge in [0, 0.05) is 46.1 Å². The molecule has 0 amide bonds. The number of carbonyl (C=O) groups is 6. The average molecular weight is 685 g/mol. The Morgan fingerprint density at radius 2 is 1.46 bits per heavy atom. The lowest BCUT2D eigenvalue weighted by molar-refractivity contribution is -0.304. The minimum atomic E-state index is -1.70. The fraction of sp³-hybridized carbons (Fsp3) is 0.742. The van der Waals surface area contributed by atoms with Crippen LogP contribution in [0.25, 0.3) is 0 Å². The van der Waals surface area contributed by atoms with E-state index in [1.807, 2.05) is 6.92 Å². The molecule has 0 aromatic rings. The first-order chi connectivity index (χ1) is 22.5. The highest BCUT2D eigenvalue weighted by atomic mass is 16.8.